The van der Waals surface area contributed by atoms with Crippen LogP contribution in [0.15, 0.2) is 48.8 Å². The van der Waals surface area contributed by atoms with Crippen molar-refractivity contribution in [1.82, 2.24) is 14.8 Å². The highest BCUT2D eigenvalue weighted by Crippen LogP contribution is 2.25. The van der Waals surface area contributed by atoms with Crippen molar-refractivity contribution in [3.05, 3.63) is 65.6 Å². The molecule has 3 aromatic rings. The average molecular weight is 392 g/mol. The van der Waals surface area contributed by atoms with Crippen LogP contribution < -0.4 is 10.1 Å². The smallest absolute Gasteiger partial charge is 0.259 e. The van der Waals surface area contributed by atoms with Crippen LogP contribution >= 0.6 is 0 Å². The summed E-state index contributed by atoms with van der Waals surface area (Å²) in [6, 6.07) is 11.3. The van der Waals surface area contributed by atoms with Crippen molar-refractivity contribution in [2.45, 2.75) is 32.8 Å². The number of nitrogens with zero attached hydrogens (tertiary/aromatic N) is 3. The van der Waals surface area contributed by atoms with E-state index in [4.69, 9.17) is 9.47 Å². The highest BCUT2D eigenvalue weighted by molar-refractivity contribution is 6.05. The van der Waals surface area contributed by atoms with Crippen LogP contribution in [0.1, 0.15) is 34.5 Å². The highest BCUT2D eigenvalue weighted by atomic mass is 16.5. The summed E-state index contributed by atoms with van der Waals surface area (Å²) in [4.78, 5) is 17.0. The van der Waals surface area contributed by atoms with E-state index in [0.29, 0.717) is 11.4 Å². The molecule has 2 aromatic heterocycles. The number of carbonyl (C=O) groups excluding carboxylic acids is 1. The summed E-state index contributed by atoms with van der Waals surface area (Å²) in [7, 11) is 0. The zero-order valence-electron chi connectivity index (χ0n) is 16.6. The van der Waals surface area contributed by atoms with E-state index in [1.165, 1.54) is 0 Å². The molecule has 3 heterocycles. The second kappa shape index (κ2) is 8.45. The number of carbonyl (C=O) groups is 1. The number of nitrogens with one attached hydrogen (secondary N) is 1. The van der Waals surface area contributed by atoms with Crippen LogP contribution in [-0.2, 0) is 4.74 Å². The molecule has 0 spiro atoms. The fraction of sp³-hybridized carbons (Fsp3) is 0.318. The number of benzene rings is 1. The molecule has 1 amide bonds. The van der Waals surface area contributed by atoms with Gasteiger partial charge in [-0.1, -0.05) is 6.07 Å². The van der Waals surface area contributed by atoms with Gasteiger partial charge in [0, 0.05) is 24.7 Å². The van der Waals surface area contributed by atoms with Crippen LogP contribution in [0.4, 0.5) is 5.69 Å². The van der Waals surface area contributed by atoms with Gasteiger partial charge in [0.15, 0.2) is 5.82 Å². The lowest BCUT2D eigenvalue weighted by atomic mass is 10.1. The Balaban J connectivity index is 1.46. The first-order valence-electron chi connectivity index (χ1n) is 9.74. The van der Waals surface area contributed by atoms with Gasteiger partial charge in [-0.15, -0.1) is 0 Å². The molecule has 0 bridgehead atoms. The SMILES string of the molecule is Cc1cc(NC(=O)c2cnn(-c3ccccn3)c2C)ccc1OC1CCOCC1. The van der Waals surface area contributed by atoms with E-state index in [0.717, 1.165) is 48.7 Å². The number of anilines is 1. The van der Waals surface area contributed by atoms with Crippen molar-refractivity contribution >= 4 is 11.6 Å². The molecule has 1 N–H and O–H groups in total. The molecule has 150 valence electrons. The number of rotatable bonds is 5. The predicted octanol–water partition coefficient (Wildman–Crippen LogP) is 3.69. The van der Waals surface area contributed by atoms with Gasteiger partial charge in [0.2, 0.25) is 0 Å². The minimum atomic E-state index is -0.206. The minimum Gasteiger partial charge on any atom is -0.490 e. The lowest BCUT2D eigenvalue weighted by molar-refractivity contribution is 0.0253. The van der Waals surface area contributed by atoms with E-state index in [1.54, 1.807) is 17.1 Å². The molecule has 7 nitrogen and oxygen atoms in total. The van der Waals surface area contributed by atoms with Gasteiger partial charge >= 0.3 is 0 Å². The van der Waals surface area contributed by atoms with E-state index in [2.05, 4.69) is 15.4 Å². The molecule has 0 aliphatic carbocycles. The summed E-state index contributed by atoms with van der Waals surface area (Å²) in [5.74, 6) is 1.31. The zero-order valence-corrected chi connectivity index (χ0v) is 16.6. The van der Waals surface area contributed by atoms with Crippen LogP contribution in [0.2, 0.25) is 0 Å². The first kappa shape index (κ1) is 19.1. The van der Waals surface area contributed by atoms with Crippen molar-refractivity contribution in [2.75, 3.05) is 18.5 Å². The lowest BCUT2D eigenvalue weighted by Gasteiger charge is -2.24. The van der Waals surface area contributed by atoms with Crippen LogP contribution in [0, 0.1) is 13.8 Å². The van der Waals surface area contributed by atoms with Crippen LogP contribution in [0.3, 0.4) is 0 Å². The van der Waals surface area contributed by atoms with E-state index in [-0.39, 0.29) is 12.0 Å². The Kier molecular flexibility index (Phi) is 5.57. The van der Waals surface area contributed by atoms with E-state index < -0.39 is 0 Å². The molecule has 1 aliphatic heterocycles. The van der Waals surface area contributed by atoms with Gasteiger partial charge in [-0.25, -0.2) is 9.67 Å². The summed E-state index contributed by atoms with van der Waals surface area (Å²) in [6.07, 6.45) is 5.25. The van der Waals surface area contributed by atoms with Gasteiger partial charge in [-0.3, -0.25) is 4.79 Å². The number of aryl methyl sites for hydroxylation is 1. The average Bonchev–Trinajstić information content (AvgIpc) is 3.13. The first-order chi connectivity index (χ1) is 14.1. The fourth-order valence-electron chi connectivity index (χ4n) is 3.37. The second-order valence-electron chi connectivity index (χ2n) is 7.11. The van der Waals surface area contributed by atoms with Crippen LogP contribution in [-0.4, -0.2) is 40.0 Å². The van der Waals surface area contributed by atoms with Crippen molar-refractivity contribution in [3.63, 3.8) is 0 Å². The van der Waals surface area contributed by atoms with Gasteiger partial charge in [-0.05, 0) is 49.7 Å². The largest absolute Gasteiger partial charge is 0.490 e. The van der Waals surface area contributed by atoms with Crippen LogP contribution in [0.5, 0.6) is 5.75 Å². The molecule has 1 aliphatic rings. The molecule has 4 rings (SSSR count). The summed E-state index contributed by atoms with van der Waals surface area (Å²) < 4.78 is 13.1. The maximum atomic E-state index is 12.8. The Morgan fingerprint density at radius 3 is 2.76 bits per heavy atom. The third-order valence-corrected chi connectivity index (χ3v) is 5.02. The number of aromatic nitrogens is 3. The van der Waals surface area contributed by atoms with Crippen molar-refractivity contribution < 1.29 is 14.3 Å². The van der Waals surface area contributed by atoms with E-state index in [1.807, 2.05) is 50.2 Å². The molecular weight excluding hydrogens is 368 g/mol. The van der Waals surface area contributed by atoms with E-state index in [9.17, 15) is 4.79 Å². The fourth-order valence-corrected chi connectivity index (χ4v) is 3.37. The second-order valence-corrected chi connectivity index (χ2v) is 7.11. The Labute approximate surface area is 169 Å². The van der Waals surface area contributed by atoms with Crippen LogP contribution in [0.25, 0.3) is 5.82 Å². The molecule has 29 heavy (non-hydrogen) atoms. The summed E-state index contributed by atoms with van der Waals surface area (Å²) in [6.45, 7) is 5.31. The lowest BCUT2D eigenvalue weighted by Crippen LogP contribution is -2.26. The molecule has 1 fully saturated rings. The number of hydrogen-bond acceptors (Lipinski definition) is 5. The highest BCUT2D eigenvalue weighted by Gasteiger charge is 2.18. The molecule has 0 atom stereocenters. The van der Waals surface area contributed by atoms with Crippen molar-refractivity contribution in [2.24, 2.45) is 0 Å². The Morgan fingerprint density at radius 1 is 1.21 bits per heavy atom. The summed E-state index contributed by atoms with van der Waals surface area (Å²) in [5, 5.41) is 7.26. The third-order valence-electron chi connectivity index (χ3n) is 5.02. The van der Waals surface area contributed by atoms with Gasteiger partial charge in [0.05, 0.1) is 30.7 Å². The molecular formula is C22H24N4O3. The van der Waals surface area contributed by atoms with Gasteiger partial charge in [0.25, 0.3) is 5.91 Å². The molecule has 7 heteroatoms. The summed E-state index contributed by atoms with van der Waals surface area (Å²) >= 11 is 0. The van der Waals surface area contributed by atoms with E-state index >= 15 is 0 Å². The van der Waals surface area contributed by atoms with Crippen molar-refractivity contribution in [3.8, 4) is 11.6 Å². The molecule has 0 radical (unpaired) electrons. The first-order valence-corrected chi connectivity index (χ1v) is 9.74. The monoisotopic (exact) mass is 392 g/mol. The molecule has 0 unspecified atom stereocenters. The quantitative estimate of drug-likeness (QED) is 0.716. The topological polar surface area (TPSA) is 78.3 Å². The molecule has 1 saturated heterocycles. The summed E-state index contributed by atoms with van der Waals surface area (Å²) in [5.41, 5.74) is 2.94. The van der Waals surface area contributed by atoms with Gasteiger partial charge in [-0.2, -0.15) is 5.10 Å². The molecule has 1 aromatic carbocycles. The third kappa shape index (κ3) is 4.30. The Bertz CT molecular complexity index is 995. The zero-order chi connectivity index (χ0) is 20.2. The Morgan fingerprint density at radius 2 is 2.03 bits per heavy atom. The number of hydrogen-bond donors (Lipinski definition) is 1. The number of ether oxygens (including phenoxy) is 2. The maximum Gasteiger partial charge on any atom is 0.259 e. The molecule has 0 saturated carbocycles. The Hall–Kier alpha value is -3.19. The maximum absolute atomic E-state index is 12.8. The van der Waals surface area contributed by atoms with Gasteiger partial charge < -0.3 is 14.8 Å². The standard InChI is InChI=1S/C22H24N4O3/c1-15-13-17(6-7-20(15)29-18-8-11-28-12-9-18)25-22(27)19-14-24-26(16(19)2)21-5-3-4-10-23-21/h3-7,10,13-14,18H,8-9,11-12H2,1-2H3,(H,25,27). The van der Waals surface area contributed by atoms with Crippen molar-refractivity contribution in [1.29, 1.82) is 0 Å². The number of amides is 1. The predicted molar refractivity (Wildman–Crippen MR) is 110 cm³/mol. The normalized spacial score (nSPS) is 14.6. The number of pyridine rings is 1. The minimum absolute atomic E-state index is 0.183. The van der Waals surface area contributed by atoms with Gasteiger partial charge in [0.1, 0.15) is 11.9 Å².